The lowest BCUT2D eigenvalue weighted by atomic mass is 10.0. The van der Waals surface area contributed by atoms with Crippen molar-refractivity contribution in [2.45, 2.75) is 231 Å². The van der Waals surface area contributed by atoms with Gasteiger partial charge in [0.15, 0.2) is 5.96 Å². The average Bonchev–Trinajstić information content (AvgIpc) is 3.14. The molecule has 0 aromatic carbocycles. The van der Waals surface area contributed by atoms with Gasteiger partial charge >= 0.3 is 11.9 Å². The van der Waals surface area contributed by atoms with Crippen LogP contribution >= 0.6 is 0 Å². The quantitative estimate of drug-likeness (QED) is 0.0207. The van der Waals surface area contributed by atoms with Crippen LogP contribution in [-0.4, -0.2) is 55.6 Å². The minimum absolute atomic E-state index is 0.0111. The van der Waals surface area contributed by atoms with E-state index in [9.17, 15) is 14.4 Å². The number of nitrogens with one attached hydrogen (secondary N) is 1. The van der Waals surface area contributed by atoms with Crippen LogP contribution in [0.2, 0.25) is 0 Å². The monoisotopic (exact) mass is 752 g/mol. The van der Waals surface area contributed by atoms with Crippen LogP contribution in [0.1, 0.15) is 219 Å². The summed E-state index contributed by atoms with van der Waals surface area (Å²) >= 11 is 0. The number of nitrogens with zero attached hydrogens (tertiary/aromatic N) is 1. The highest BCUT2D eigenvalue weighted by atomic mass is 16.5. The Morgan fingerprint density at radius 1 is 0.528 bits per heavy atom. The number of hydrogen-bond acceptors (Lipinski definition) is 7. The van der Waals surface area contributed by atoms with Crippen molar-refractivity contribution < 1.29 is 23.9 Å². The van der Waals surface area contributed by atoms with Crippen molar-refractivity contribution in [3.05, 3.63) is 0 Å². The van der Waals surface area contributed by atoms with E-state index in [1.54, 1.807) is 0 Å². The van der Waals surface area contributed by atoms with Crippen LogP contribution in [0, 0.1) is 0 Å². The molecule has 0 saturated heterocycles. The number of nitrogens with two attached hydrogens (primary N) is 3. The van der Waals surface area contributed by atoms with Crippen molar-refractivity contribution in [1.29, 1.82) is 0 Å². The Morgan fingerprint density at radius 2 is 0.906 bits per heavy atom. The van der Waals surface area contributed by atoms with Gasteiger partial charge in [0.25, 0.3) is 0 Å². The summed E-state index contributed by atoms with van der Waals surface area (Å²) < 4.78 is 11.0. The van der Waals surface area contributed by atoms with Crippen LogP contribution < -0.4 is 22.5 Å². The summed E-state index contributed by atoms with van der Waals surface area (Å²) in [5, 5.41) is 2.71. The lowest BCUT2D eigenvalue weighted by Crippen LogP contribution is -2.49. The summed E-state index contributed by atoms with van der Waals surface area (Å²) in [6.45, 7) is 5.54. The van der Waals surface area contributed by atoms with Gasteiger partial charge in [0.05, 0.1) is 19.3 Å². The maximum Gasteiger partial charge on any atom is 0.328 e. The first-order valence-electron chi connectivity index (χ1n) is 22.2. The topological polar surface area (TPSA) is 172 Å². The molecule has 0 aliphatic carbocycles. The molecule has 0 saturated carbocycles. The lowest BCUT2D eigenvalue weighted by Gasteiger charge is -2.20. The minimum atomic E-state index is -0.966. The maximum atomic E-state index is 13.0. The normalized spacial score (nSPS) is 12.3. The van der Waals surface area contributed by atoms with Gasteiger partial charge in [0.1, 0.15) is 6.04 Å². The fourth-order valence-electron chi connectivity index (χ4n) is 6.57. The maximum absolute atomic E-state index is 13.0. The van der Waals surface area contributed by atoms with Crippen molar-refractivity contribution in [3.8, 4) is 0 Å². The molecule has 0 heterocycles. The second-order valence-electron chi connectivity index (χ2n) is 15.2. The van der Waals surface area contributed by atoms with Crippen molar-refractivity contribution in [2.75, 3.05) is 19.8 Å². The van der Waals surface area contributed by atoms with Crippen LogP contribution in [0.3, 0.4) is 0 Å². The predicted molar refractivity (Wildman–Crippen MR) is 222 cm³/mol. The Balaban J connectivity index is 4.32. The molecule has 0 aromatic rings. The summed E-state index contributed by atoms with van der Waals surface area (Å²) in [5.41, 5.74) is 16.8. The van der Waals surface area contributed by atoms with Gasteiger partial charge in [-0.2, -0.15) is 0 Å². The summed E-state index contributed by atoms with van der Waals surface area (Å²) in [7, 11) is 0. The zero-order valence-corrected chi connectivity index (χ0v) is 34.6. The molecular weight excluding hydrogens is 667 g/mol. The number of rotatable bonds is 40. The smallest absolute Gasteiger partial charge is 0.328 e. The Kier molecular flexibility index (Phi) is 37.6. The Hall–Kier alpha value is -2.36. The van der Waals surface area contributed by atoms with Gasteiger partial charge in [-0.15, -0.1) is 0 Å². The number of amides is 1. The molecule has 312 valence electrons. The summed E-state index contributed by atoms with van der Waals surface area (Å²) in [6.07, 6.45) is 36.2. The zero-order valence-electron chi connectivity index (χ0n) is 34.6. The van der Waals surface area contributed by atoms with E-state index in [4.69, 9.17) is 26.7 Å². The largest absolute Gasteiger partial charge is 0.466 e. The third kappa shape index (κ3) is 36.4. The van der Waals surface area contributed by atoms with Gasteiger partial charge in [0, 0.05) is 13.0 Å². The van der Waals surface area contributed by atoms with E-state index in [1.807, 2.05) is 0 Å². The van der Waals surface area contributed by atoms with E-state index < -0.39 is 24.0 Å². The molecule has 0 fully saturated rings. The van der Waals surface area contributed by atoms with Crippen LogP contribution in [0.15, 0.2) is 4.99 Å². The number of aliphatic imine (C=N–C) groups is 1. The van der Waals surface area contributed by atoms with Crippen LogP contribution in [0.5, 0.6) is 0 Å². The number of guanidine groups is 1. The van der Waals surface area contributed by atoms with E-state index in [-0.39, 0.29) is 31.4 Å². The first-order valence-corrected chi connectivity index (χ1v) is 22.2. The van der Waals surface area contributed by atoms with Crippen LogP contribution in [0.25, 0.3) is 0 Å². The molecular formula is C43H85N5O5. The van der Waals surface area contributed by atoms with Gasteiger partial charge in [-0.25, -0.2) is 4.79 Å². The molecule has 0 rings (SSSR count). The number of ether oxygens (including phenoxy) is 2. The van der Waals surface area contributed by atoms with Gasteiger partial charge in [-0.3, -0.25) is 14.6 Å². The molecule has 10 nitrogen and oxygen atoms in total. The first-order chi connectivity index (χ1) is 25.8. The van der Waals surface area contributed by atoms with E-state index in [0.29, 0.717) is 26.0 Å². The number of unbranched alkanes of at least 4 members (excludes halogenated alkanes) is 26. The molecule has 0 bridgehead atoms. The third-order valence-electron chi connectivity index (χ3n) is 10.0. The Morgan fingerprint density at radius 3 is 1.30 bits per heavy atom. The second-order valence-corrected chi connectivity index (χ2v) is 15.2. The van der Waals surface area contributed by atoms with Gasteiger partial charge in [-0.05, 0) is 32.1 Å². The number of carbonyl (C=O) groups excluding carboxylic acids is 3. The fourth-order valence-corrected chi connectivity index (χ4v) is 6.57. The summed E-state index contributed by atoms with van der Waals surface area (Å²) in [6, 6.07) is -1.80. The highest BCUT2D eigenvalue weighted by molar-refractivity contribution is 5.87. The molecule has 0 aliphatic heterocycles. The third-order valence-corrected chi connectivity index (χ3v) is 10.0. The van der Waals surface area contributed by atoms with E-state index in [2.05, 4.69) is 24.2 Å². The molecule has 2 atom stereocenters. The van der Waals surface area contributed by atoms with Crippen LogP contribution in [0.4, 0.5) is 0 Å². The molecule has 0 aromatic heterocycles. The molecule has 10 heteroatoms. The zero-order chi connectivity index (χ0) is 39.0. The highest BCUT2D eigenvalue weighted by Crippen LogP contribution is 2.15. The molecule has 1 amide bonds. The van der Waals surface area contributed by atoms with E-state index in [0.717, 1.165) is 38.5 Å². The number of hydrogen-bond donors (Lipinski definition) is 4. The van der Waals surface area contributed by atoms with Crippen LogP contribution in [-0.2, 0) is 23.9 Å². The molecule has 7 N–H and O–H groups in total. The van der Waals surface area contributed by atoms with E-state index in [1.165, 1.54) is 141 Å². The molecule has 0 unspecified atom stereocenters. The Labute approximate surface area is 325 Å². The number of carbonyl (C=O) groups is 3. The van der Waals surface area contributed by atoms with Crippen molar-refractivity contribution in [1.82, 2.24) is 5.32 Å². The standard InChI is InChI=1S/C43H85N5O5/c1-3-5-7-9-11-13-15-17-19-21-23-25-27-29-36-52-40(49)34-33-39(48-41(50)38(44)32-31-35-47-43(45)46)42(51)53-37-30-28-26-24-22-20-18-16-14-12-10-8-6-4-2/h38-39H,3-37,44H2,1-2H3,(H,48,50)(H4,45,46,47)/t38-,39-/m0/s1. The van der Waals surface area contributed by atoms with Gasteiger partial charge < -0.3 is 32.0 Å². The average molecular weight is 752 g/mol. The Bertz CT molecular complexity index is 883. The summed E-state index contributed by atoms with van der Waals surface area (Å²) in [4.78, 5) is 42.3. The molecule has 53 heavy (non-hydrogen) atoms. The lowest BCUT2D eigenvalue weighted by molar-refractivity contribution is -0.149. The number of esters is 2. The van der Waals surface area contributed by atoms with Gasteiger partial charge in [-0.1, -0.05) is 181 Å². The first kappa shape index (κ1) is 50.6. The molecule has 0 aliphatic rings. The second kappa shape index (κ2) is 39.3. The fraction of sp³-hybridized carbons (Fsp3) is 0.907. The van der Waals surface area contributed by atoms with Crippen molar-refractivity contribution in [3.63, 3.8) is 0 Å². The highest BCUT2D eigenvalue weighted by Gasteiger charge is 2.26. The minimum Gasteiger partial charge on any atom is -0.466 e. The predicted octanol–water partition coefficient (Wildman–Crippen LogP) is 9.68. The van der Waals surface area contributed by atoms with E-state index >= 15 is 0 Å². The SMILES string of the molecule is CCCCCCCCCCCCCCCCOC(=O)CC[C@H](NC(=O)[C@@H](N)CCCN=C(N)N)C(=O)OCCCCCCCCCCCCCCCC. The van der Waals surface area contributed by atoms with Crippen molar-refractivity contribution >= 4 is 23.8 Å². The van der Waals surface area contributed by atoms with Gasteiger partial charge in [0.2, 0.25) is 5.91 Å². The molecule has 0 radical (unpaired) electrons. The summed E-state index contributed by atoms with van der Waals surface area (Å²) in [5.74, 6) is -1.40. The molecule has 0 spiro atoms. The van der Waals surface area contributed by atoms with Crippen molar-refractivity contribution in [2.24, 2.45) is 22.2 Å².